The lowest BCUT2D eigenvalue weighted by Crippen LogP contribution is -2.45. The van der Waals surface area contributed by atoms with E-state index >= 15 is 0 Å². The van der Waals surface area contributed by atoms with Crippen molar-refractivity contribution in [3.05, 3.63) is 94.8 Å². The summed E-state index contributed by atoms with van der Waals surface area (Å²) in [6, 6.07) is 19.4. The predicted octanol–water partition coefficient (Wildman–Crippen LogP) is 6.45. The molecule has 0 unspecified atom stereocenters. The highest BCUT2D eigenvalue weighted by Gasteiger charge is 2.37. The van der Waals surface area contributed by atoms with Crippen LogP contribution in [0.25, 0.3) is 0 Å². The van der Waals surface area contributed by atoms with Crippen LogP contribution < -0.4 is 10.1 Å². The van der Waals surface area contributed by atoms with Crippen LogP contribution in [0.15, 0.2) is 66.7 Å². The summed E-state index contributed by atoms with van der Waals surface area (Å²) in [7, 11) is 0. The third-order valence-electron chi connectivity index (χ3n) is 6.66. The molecule has 5 nitrogen and oxygen atoms in total. The van der Waals surface area contributed by atoms with Crippen molar-refractivity contribution in [2.24, 2.45) is 5.41 Å². The van der Waals surface area contributed by atoms with Crippen LogP contribution >= 0.6 is 0 Å². The number of rotatable bonds is 6. The van der Waals surface area contributed by atoms with Gasteiger partial charge in [0.25, 0.3) is 5.91 Å². The van der Waals surface area contributed by atoms with Crippen molar-refractivity contribution in [2.75, 3.05) is 11.9 Å². The van der Waals surface area contributed by atoms with Gasteiger partial charge >= 0.3 is 0 Å². The number of nitrogens with one attached hydrogen (secondary N) is 1. The monoisotopic (exact) mass is 502 g/mol. The fraction of sp³-hybridized carbons (Fsp3) is 0.355. The minimum Gasteiger partial charge on any atom is -0.481 e. The maximum absolute atomic E-state index is 13.8. The van der Waals surface area contributed by atoms with Gasteiger partial charge in [-0.2, -0.15) is 0 Å². The Kier molecular flexibility index (Phi) is 7.67. The number of hydrogen-bond acceptors (Lipinski definition) is 3. The summed E-state index contributed by atoms with van der Waals surface area (Å²) >= 11 is 0. The van der Waals surface area contributed by atoms with Gasteiger partial charge in [0.2, 0.25) is 5.91 Å². The van der Waals surface area contributed by atoms with Crippen LogP contribution in [0.5, 0.6) is 5.75 Å². The molecule has 37 heavy (non-hydrogen) atoms. The van der Waals surface area contributed by atoms with Crippen molar-refractivity contribution >= 4 is 17.5 Å². The Balaban J connectivity index is 1.65. The van der Waals surface area contributed by atoms with Gasteiger partial charge in [-0.05, 0) is 78.4 Å². The molecule has 0 bridgehead atoms. The Labute approximate surface area is 218 Å². The number of hydrogen-bond donors (Lipinski definition) is 1. The quantitative estimate of drug-likeness (QED) is 0.421. The molecule has 3 aromatic rings. The number of amides is 2. The normalized spacial score (nSPS) is 16.1. The minimum atomic E-state index is -0.682. The van der Waals surface area contributed by atoms with E-state index in [-0.39, 0.29) is 23.7 Å². The number of nitrogens with zero attached hydrogens (tertiary/aromatic N) is 1. The van der Waals surface area contributed by atoms with E-state index in [1.165, 1.54) is 12.1 Å². The molecule has 2 amide bonds. The average molecular weight is 503 g/mol. The maximum atomic E-state index is 13.8. The summed E-state index contributed by atoms with van der Waals surface area (Å²) in [6.45, 7) is 10.2. The second-order valence-corrected chi connectivity index (χ2v) is 10.7. The number of aryl methyl sites for hydroxylation is 1. The van der Waals surface area contributed by atoms with E-state index in [1.807, 2.05) is 82.0 Å². The largest absolute Gasteiger partial charge is 0.481 e. The van der Waals surface area contributed by atoms with E-state index < -0.39 is 11.5 Å². The Morgan fingerprint density at radius 3 is 2.46 bits per heavy atom. The number of carbonyl (C=O) groups is 2. The van der Waals surface area contributed by atoms with E-state index in [0.717, 1.165) is 27.9 Å². The molecule has 0 fully saturated rings. The van der Waals surface area contributed by atoms with Gasteiger partial charge in [-0.1, -0.05) is 58.0 Å². The first-order chi connectivity index (χ1) is 17.6. The number of ether oxygens (including phenoxy) is 1. The standard InChI is InChI=1S/C31H35FN2O3/c1-6-27(29(35)33-24-9-7-8-20(2)18-24)37-25-15-12-21-16-17-34(30(36)31(3,4)5)28(26(21)19-25)22-10-13-23(32)14-11-22/h7-15,18-19,27-28H,6,16-17H2,1-5H3,(H,33,35)/t27-,28+/m0/s1. The highest BCUT2D eigenvalue weighted by Crippen LogP contribution is 2.39. The van der Waals surface area contributed by atoms with E-state index in [1.54, 1.807) is 12.1 Å². The molecule has 0 saturated carbocycles. The zero-order chi connectivity index (χ0) is 26.7. The summed E-state index contributed by atoms with van der Waals surface area (Å²) in [5.74, 6) is 0.0475. The molecule has 1 aliphatic rings. The van der Waals surface area contributed by atoms with Gasteiger partial charge < -0.3 is 15.0 Å². The fourth-order valence-electron chi connectivity index (χ4n) is 4.75. The van der Waals surface area contributed by atoms with Gasteiger partial charge in [0.05, 0.1) is 6.04 Å². The molecule has 0 saturated heterocycles. The van der Waals surface area contributed by atoms with Crippen LogP contribution in [0.3, 0.4) is 0 Å². The van der Waals surface area contributed by atoms with Crippen molar-refractivity contribution < 1.29 is 18.7 Å². The molecule has 3 aromatic carbocycles. The number of halogens is 1. The predicted molar refractivity (Wildman–Crippen MR) is 144 cm³/mol. The lowest BCUT2D eigenvalue weighted by Gasteiger charge is -2.41. The Bertz CT molecular complexity index is 1280. The average Bonchev–Trinajstić information content (AvgIpc) is 2.86. The molecule has 1 heterocycles. The number of carbonyl (C=O) groups excluding carboxylic acids is 2. The Morgan fingerprint density at radius 2 is 1.81 bits per heavy atom. The molecule has 0 aliphatic carbocycles. The van der Waals surface area contributed by atoms with Gasteiger partial charge in [0, 0.05) is 17.6 Å². The molecule has 4 rings (SSSR count). The Hall–Kier alpha value is -3.67. The van der Waals surface area contributed by atoms with E-state index in [2.05, 4.69) is 5.32 Å². The maximum Gasteiger partial charge on any atom is 0.265 e. The number of benzene rings is 3. The van der Waals surface area contributed by atoms with Crippen molar-refractivity contribution in [1.29, 1.82) is 0 Å². The van der Waals surface area contributed by atoms with Crippen LogP contribution in [0.1, 0.15) is 62.4 Å². The lowest BCUT2D eigenvalue weighted by molar-refractivity contribution is -0.141. The van der Waals surface area contributed by atoms with Crippen LogP contribution in [0, 0.1) is 18.2 Å². The molecular formula is C31H35FN2O3. The molecule has 2 atom stereocenters. The van der Waals surface area contributed by atoms with Crippen LogP contribution in [0.2, 0.25) is 0 Å². The first kappa shape index (κ1) is 26.4. The third-order valence-corrected chi connectivity index (χ3v) is 6.66. The van der Waals surface area contributed by atoms with Crippen molar-refractivity contribution in [3.8, 4) is 5.75 Å². The summed E-state index contributed by atoms with van der Waals surface area (Å²) in [4.78, 5) is 28.3. The van der Waals surface area contributed by atoms with Gasteiger partial charge in [0.1, 0.15) is 11.6 Å². The van der Waals surface area contributed by atoms with E-state index in [9.17, 15) is 14.0 Å². The molecule has 194 valence electrons. The Morgan fingerprint density at radius 1 is 1.08 bits per heavy atom. The summed E-state index contributed by atoms with van der Waals surface area (Å²) in [5, 5.41) is 2.94. The summed E-state index contributed by atoms with van der Waals surface area (Å²) in [5.41, 5.74) is 4.10. The second-order valence-electron chi connectivity index (χ2n) is 10.7. The fourth-order valence-corrected chi connectivity index (χ4v) is 4.75. The van der Waals surface area contributed by atoms with E-state index in [0.29, 0.717) is 25.1 Å². The summed E-state index contributed by atoms with van der Waals surface area (Å²) < 4.78 is 19.9. The zero-order valence-electron chi connectivity index (χ0n) is 22.2. The molecule has 1 N–H and O–H groups in total. The molecule has 0 aromatic heterocycles. The summed E-state index contributed by atoms with van der Waals surface area (Å²) in [6.07, 6.45) is 0.518. The first-order valence-electron chi connectivity index (χ1n) is 12.8. The highest BCUT2D eigenvalue weighted by molar-refractivity contribution is 5.94. The van der Waals surface area contributed by atoms with E-state index in [4.69, 9.17) is 4.74 Å². The molecule has 1 aliphatic heterocycles. The highest BCUT2D eigenvalue weighted by atomic mass is 19.1. The molecular weight excluding hydrogens is 467 g/mol. The first-order valence-corrected chi connectivity index (χ1v) is 12.8. The third kappa shape index (κ3) is 6.01. The molecule has 0 radical (unpaired) electrons. The number of anilines is 1. The van der Waals surface area contributed by atoms with Gasteiger partial charge in [0.15, 0.2) is 6.10 Å². The smallest absolute Gasteiger partial charge is 0.265 e. The zero-order valence-corrected chi connectivity index (χ0v) is 22.2. The SMILES string of the molecule is CC[C@H](Oc1ccc2c(c1)[C@@H](c1ccc(F)cc1)N(C(=O)C(C)(C)C)CC2)C(=O)Nc1cccc(C)c1. The molecule has 6 heteroatoms. The second kappa shape index (κ2) is 10.8. The van der Waals surface area contributed by atoms with Gasteiger partial charge in [-0.3, -0.25) is 9.59 Å². The van der Waals surface area contributed by atoms with Crippen LogP contribution in [-0.2, 0) is 16.0 Å². The van der Waals surface area contributed by atoms with Crippen molar-refractivity contribution in [2.45, 2.75) is 59.6 Å². The minimum absolute atomic E-state index is 0.0303. The van der Waals surface area contributed by atoms with Crippen LogP contribution in [0.4, 0.5) is 10.1 Å². The lowest BCUT2D eigenvalue weighted by atomic mass is 9.85. The van der Waals surface area contributed by atoms with Crippen molar-refractivity contribution in [1.82, 2.24) is 4.90 Å². The molecule has 0 spiro atoms. The van der Waals surface area contributed by atoms with Gasteiger partial charge in [-0.15, -0.1) is 0 Å². The van der Waals surface area contributed by atoms with Crippen molar-refractivity contribution in [3.63, 3.8) is 0 Å². The van der Waals surface area contributed by atoms with Crippen LogP contribution in [-0.4, -0.2) is 29.4 Å². The topological polar surface area (TPSA) is 58.6 Å². The van der Waals surface area contributed by atoms with Gasteiger partial charge in [-0.25, -0.2) is 4.39 Å². The number of fused-ring (bicyclic) bond motifs is 1.